The molecule has 1 aromatic rings. The van der Waals surface area contributed by atoms with Gasteiger partial charge >= 0.3 is 0 Å². The summed E-state index contributed by atoms with van der Waals surface area (Å²) < 4.78 is 0. The molecule has 1 fully saturated rings. The molecule has 2 aliphatic rings. The second-order valence-electron chi connectivity index (χ2n) is 5.52. The summed E-state index contributed by atoms with van der Waals surface area (Å²) in [5.41, 5.74) is 2.97. The van der Waals surface area contributed by atoms with Crippen LogP contribution in [0.25, 0.3) is 0 Å². The van der Waals surface area contributed by atoms with Crippen LogP contribution in [0, 0.1) is 0 Å². The molecular formula is C15H21ClN2. The van der Waals surface area contributed by atoms with E-state index >= 15 is 0 Å². The number of piperidine rings is 1. The highest BCUT2D eigenvalue weighted by molar-refractivity contribution is 6.30. The van der Waals surface area contributed by atoms with Gasteiger partial charge in [0.25, 0.3) is 0 Å². The van der Waals surface area contributed by atoms with E-state index in [1.54, 1.807) is 0 Å². The molecule has 2 nitrogen and oxygen atoms in total. The number of hydrogen-bond donors (Lipinski definition) is 1. The lowest BCUT2D eigenvalue weighted by molar-refractivity contribution is 0.139. The lowest BCUT2D eigenvalue weighted by Gasteiger charge is -2.37. The molecule has 3 heteroatoms. The van der Waals surface area contributed by atoms with Crippen molar-refractivity contribution in [2.75, 3.05) is 20.1 Å². The maximum absolute atomic E-state index is 6.08. The molecule has 1 N–H and O–H groups in total. The Morgan fingerprint density at radius 2 is 2.22 bits per heavy atom. The molecule has 1 aromatic carbocycles. The van der Waals surface area contributed by atoms with Gasteiger partial charge < -0.3 is 5.32 Å². The topological polar surface area (TPSA) is 15.3 Å². The van der Waals surface area contributed by atoms with Crippen molar-refractivity contribution in [3.8, 4) is 0 Å². The van der Waals surface area contributed by atoms with E-state index in [9.17, 15) is 0 Å². The first-order chi connectivity index (χ1) is 8.78. The Balaban J connectivity index is 1.79. The van der Waals surface area contributed by atoms with E-state index in [0.29, 0.717) is 12.1 Å². The van der Waals surface area contributed by atoms with Gasteiger partial charge in [-0.05, 0) is 62.5 Å². The van der Waals surface area contributed by atoms with E-state index in [1.165, 1.54) is 49.9 Å². The molecule has 0 aromatic heterocycles. The van der Waals surface area contributed by atoms with Crippen molar-refractivity contribution in [1.82, 2.24) is 10.2 Å². The minimum Gasteiger partial charge on any atom is -0.316 e. The second-order valence-corrected chi connectivity index (χ2v) is 5.96. The standard InChI is InChI=1S/C15H21ClN2/c1-17-13-3-2-8-18(10-13)15-7-4-11-9-12(16)5-6-14(11)15/h5-6,9,13,15,17H,2-4,7-8,10H2,1H3. The molecule has 0 saturated carbocycles. The first-order valence-electron chi connectivity index (χ1n) is 6.97. The van der Waals surface area contributed by atoms with Gasteiger partial charge in [-0.3, -0.25) is 4.90 Å². The molecule has 2 unspecified atom stereocenters. The van der Waals surface area contributed by atoms with Crippen LogP contribution in [0.15, 0.2) is 18.2 Å². The van der Waals surface area contributed by atoms with E-state index in [-0.39, 0.29) is 0 Å². The smallest absolute Gasteiger partial charge is 0.0408 e. The number of aryl methyl sites for hydroxylation is 1. The monoisotopic (exact) mass is 264 g/mol. The minimum atomic E-state index is 0.619. The quantitative estimate of drug-likeness (QED) is 0.883. The van der Waals surface area contributed by atoms with Gasteiger partial charge in [-0.15, -0.1) is 0 Å². The number of rotatable bonds is 2. The van der Waals surface area contributed by atoms with Gasteiger partial charge in [0.15, 0.2) is 0 Å². The van der Waals surface area contributed by atoms with E-state index in [2.05, 4.69) is 29.4 Å². The highest BCUT2D eigenvalue weighted by atomic mass is 35.5. The SMILES string of the molecule is CNC1CCCN(C2CCc3cc(Cl)ccc32)C1. The van der Waals surface area contributed by atoms with Crippen LogP contribution in [0.2, 0.25) is 5.02 Å². The van der Waals surface area contributed by atoms with Crippen molar-refractivity contribution < 1.29 is 0 Å². The average molecular weight is 265 g/mol. The van der Waals surface area contributed by atoms with Gasteiger partial charge in [-0.1, -0.05) is 17.7 Å². The van der Waals surface area contributed by atoms with Gasteiger partial charge in [0.2, 0.25) is 0 Å². The Hall–Kier alpha value is -0.570. The molecule has 3 rings (SSSR count). The molecule has 1 aliphatic heterocycles. The van der Waals surface area contributed by atoms with Crippen LogP contribution in [0.3, 0.4) is 0 Å². The number of hydrogen-bond acceptors (Lipinski definition) is 2. The van der Waals surface area contributed by atoms with Gasteiger partial charge in [-0.2, -0.15) is 0 Å². The summed E-state index contributed by atoms with van der Waals surface area (Å²) in [4.78, 5) is 2.66. The molecule has 1 heterocycles. The van der Waals surface area contributed by atoms with Crippen molar-refractivity contribution in [2.24, 2.45) is 0 Å². The second kappa shape index (κ2) is 5.20. The van der Waals surface area contributed by atoms with Crippen molar-refractivity contribution >= 4 is 11.6 Å². The normalized spacial score (nSPS) is 28.3. The summed E-state index contributed by atoms with van der Waals surface area (Å²) in [6, 6.07) is 7.70. The fraction of sp³-hybridized carbons (Fsp3) is 0.600. The highest BCUT2D eigenvalue weighted by Gasteiger charge is 2.30. The van der Waals surface area contributed by atoms with E-state index < -0.39 is 0 Å². The first-order valence-corrected chi connectivity index (χ1v) is 7.35. The number of halogens is 1. The molecule has 2 atom stereocenters. The third-order valence-electron chi connectivity index (χ3n) is 4.45. The van der Waals surface area contributed by atoms with Crippen LogP contribution in [-0.4, -0.2) is 31.1 Å². The predicted octanol–water partition coefficient (Wildman–Crippen LogP) is 3.01. The molecule has 0 radical (unpaired) electrons. The summed E-state index contributed by atoms with van der Waals surface area (Å²) in [6.07, 6.45) is 5.06. The summed E-state index contributed by atoms with van der Waals surface area (Å²) in [5, 5.41) is 4.30. The number of nitrogens with zero attached hydrogens (tertiary/aromatic N) is 1. The number of likely N-dealkylation sites (N-methyl/N-ethyl adjacent to an activating group) is 1. The summed E-state index contributed by atoms with van der Waals surface area (Å²) in [5.74, 6) is 0. The minimum absolute atomic E-state index is 0.619. The summed E-state index contributed by atoms with van der Waals surface area (Å²) in [6.45, 7) is 2.42. The molecule has 0 spiro atoms. The maximum atomic E-state index is 6.08. The third-order valence-corrected chi connectivity index (χ3v) is 4.69. The van der Waals surface area contributed by atoms with Gasteiger partial charge in [0, 0.05) is 23.7 Å². The van der Waals surface area contributed by atoms with Crippen LogP contribution in [0.5, 0.6) is 0 Å². The van der Waals surface area contributed by atoms with Crippen molar-refractivity contribution in [3.63, 3.8) is 0 Å². The first kappa shape index (κ1) is 12.5. The van der Waals surface area contributed by atoms with Crippen molar-refractivity contribution in [2.45, 2.75) is 37.8 Å². The number of likely N-dealkylation sites (tertiary alicyclic amines) is 1. The average Bonchev–Trinajstić information content (AvgIpc) is 2.81. The van der Waals surface area contributed by atoms with Gasteiger partial charge in [0.1, 0.15) is 0 Å². The fourth-order valence-corrected chi connectivity index (χ4v) is 3.66. The highest BCUT2D eigenvalue weighted by Crippen LogP contribution is 2.38. The van der Waals surface area contributed by atoms with E-state index in [1.807, 2.05) is 6.07 Å². The Morgan fingerprint density at radius 1 is 1.33 bits per heavy atom. The van der Waals surface area contributed by atoms with Crippen LogP contribution in [0.1, 0.15) is 36.4 Å². The van der Waals surface area contributed by atoms with Crippen molar-refractivity contribution in [1.29, 1.82) is 0 Å². The Kier molecular flexibility index (Phi) is 3.60. The summed E-state index contributed by atoms with van der Waals surface area (Å²) >= 11 is 6.08. The van der Waals surface area contributed by atoms with Crippen molar-refractivity contribution in [3.05, 3.63) is 34.3 Å². The third kappa shape index (κ3) is 2.29. The zero-order valence-corrected chi connectivity index (χ0v) is 11.7. The molecule has 18 heavy (non-hydrogen) atoms. The molecule has 0 bridgehead atoms. The zero-order chi connectivity index (χ0) is 12.5. The Morgan fingerprint density at radius 3 is 3.06 bits per heavy atom. The van der Waals surface area contributed by atoms with Gasteiger partial charge in [0.05, 0.1) is 0 Å². The largest absolute Gasteiger partial charge is 0.316 e. The lowest BCUT2D eigenvalue weighted by atomic mass is 10.0. The van der Waals surface area contributed by atoms with Crippen LogP contribution < -0.4 is 5.32 Å². The molecular weight excluding hydrogens is 244 g/mol. The molecule has 1 saturated heterocycles. The predicted molar refractivity (Wildman–Crippen MR) is 76.2 cm³/mol. The molecule has 0 amide bonds. The molecule has 98 valence electrons. The fourth-order valence-electron chi connectivity index (χ4n) is 3.47. The lowest BCUT2D eigenvalue weighted by Crippen LogP contribution is -2.45. The summed E-state index contributed by atoms with van der Waals surface area (Å²) in [7, 11) is 2.08. The van der Waals surface area contributed by atoms with E-state index in [0.717, 1.165) is 5.02 Å². The van der Waals surface area contributed by atoms with Crippen LogP contribution in [0.4, 0.5) is 0 Å². The maximum Gasteiger partial charge on any atom is 0.0408 e. The molecule has 1 aliphatic carbocycles. The van der Waals surface area contributed by atoms with Gasteiger partial charge in [-0.25, -0.2) is 0 Å². The number of benzene rings is 1. The zero-order valence-electron chi connectivity index (χ0n) is 11.0. The number of fused-ring (bicyclic) bond motifs is 1. The van der Waals surface area contributed by atoms with Crippen LogP contribution >= 0.6 is 11.6 Å². The Bertz CT molecular complexity index is 433. The van der Waals surface area contributed by atoms with Crippen LogP contribution in [-0.2, 0) is 6.42 Å². The number of nitrogens with one attached hydrogen (secondary N) is 1. The van der Waals surface area contributed by atoms with E-state index in [4.69, 9.17) is 11.6 Å². The Labute approximate surface area is 114 Å².